The van der Waals surface area contributed by atoms with Crippen molar-refractivity contribution in [1.29, 1.82) is 0 Å². The number of rotatable bonds is 4. The van der Waals surface area contributed by atoms with Gasteiger partial charge in [0.05, 0.1) is 6.61 Å². The Kier molecular flexibility index (Phi) is 4.40. The van der Waals surface area contributed by atoms with E-state index in [1.54, 1.807) is 0 Å². The summed E-state index contributed by atoms with van der Waals surface area (Å²) >= 11 is 0. The Hall–Kier alpha value is -0.560. The predicted molar refractivity (Wildman–Crippen MR) is 55.9 cm³/mol. The molecule has 0 amide bonds. The summed E-state index contributed by atoms with van der Waals surface area (Å²) in [6.07, 6.45) is 6.61. The molecule has 1 rings (SSSR count). The van der Waals surface area contributed by atoms with E-state index < -0.39 is 5.60 Å². The monoisotopic (exact) mass is 197 g/mol. The summed E-state index contributed by atoms with van der Waals surface area (Å²) in [5.74, 6) is 2.47. The molecule has 1 saturated heterocycles. The molecule has 3 heteroatoms. The smallest absolute Gasteiger partial charge is 0.127 e. The third-order valence-electron chi connectivity index (χ3n) is 2.71. The van der Waals surface area contributed by atoms with E-state index in [0.29, 0.717) is 12.8 Å². The molecule has 1 aliphatic heterocycles. The van der Waals surface area contributed by atoms with Crippen molar-refractivity contribution in [3.8, 4) is 12.3 Å². The van der Waals surface area contributed by atoms with Gasteiger partial charge in [-0.2, -0.15) is 0 Å². The maximum Gasteiger partial charge on any atom is 0.127 e. The van der Waals surface area contributed by atoms with Gasteiger partial charge in [0.1, 0.15) is 5.60 Å². The number of nitrogens with zero attached hydrogens (tertiary/aromatic N) is 1. The van der Waals surface area contributed by atoms with E-state index in [4.69, 9.17) is 11.2 Å². The third-order valence-corrected chi connectivity index (χ3v) is 2.71. The van der Waals surface area contributed by atoms with Crippen LogP contribution in [0.15, 0.2) is 0 Å². The van der Waals surface area contributed by atoms with Gasteiger partial charge in [-0.1, -0.05) is 5.92 Å². The summed E-state index contributed by atoms with van der Waals surface area (Å²) in [6.45, 7) is 6.20. The van der Waals surface area contributed by atoms with Gasteiger partial charge in [0.25, 0.3) is 0 Å². The van der Waals surface area contributed by atoms with Crippen molar-refractivity contribution in [3.05, 3.63) is 0 Å². The summed E-state index contributed by atoms with van der Waals surface area (Å²) in [4.78, 5) is 2.28. The zero-order valence-electron chi connectivity index (χ0n) is 8.83. The second-order valence-corrected chi connectivity index (χ2v) is 3.71. The zero-order valence-corrected chi connectivity index (χ0v) is 8.83. The largest absolute Gasteiger partial charge is 0.380 e. The Morgan fingerprint density at radius 2 is 2.14 bits per heavy atom. The first-order valence-electron chi connectivity index (χ1n) is 5.20. The van der Waals surface area contributed by atoms with Gasteiger partial charge in [-0.3, -0.25) is 0 Å². The average molecular weight is 197 g/mol. The van der Waals surface area contributed by atoms with E-state index in [2.05, 4.69) is 10.8 Å². The number of hydrogen-bond donors (Lipinski definition) is 1. The minimum Gasteiger partial charge on any atom is -0.380 e. The lowest BCUT2D eigenvalue weighted by atomic mass is 9.92. The molecule has 0 spiro atoms. The highest BCUT2D eigenvalue weighted by molar-refractivity contribution is 5.09. The lowest BCUT2D eigenvalue weighted by Crippen LogP contribution is -2.44. The number of piperidine rings is 1. The molecule has 0 saturated carbocycles. The van der Waals surface area contributed by atoms with Crippen LogP contribution in [0.1, 0.15) is 19.8 Å². The van der Waals surface area contributed by atoms with E-state index in [-0.39, 0.29) is 0 Å². The number of ether oxygens (including phenoxy) is 1. The van der Waals surface area contributed by atoms with E-state index in [9.17, 15) is 5.11 Å². The van der Waals surface area contributed by atoms with Crippen LogP contribution < -0.4 is 0 Å². The van der Waals surface area contributed by atoms with Gasteiger partial charge in [-0.15, -0.1) is 6.42 Å². The fourth-order valence-electron chi connectivity index (χ4n) is 1.63. The van der Waals surface area contributed by atoms with Crippen molar-refractivity contribution >= 4 is 0 Å². The first kappa shape index (κ1) is 11.5. The number of terminal acetylenes is 1. The second-order valence-electron chi connectivity index (χ2n) is 3.71. The first-order chi connectivity index (χ1) is 6.70. The lowest BCUT2D eigenvalue weighted by molar-refractivity contribution is 0.0168. The lowest BCUT2D eigenvalue weighted by Gasteiger charge is -2.34. The molecule has 0 atom stereocenters. The standard InChI is InChI=1S/C11H19NO2/c1-3-11(13)5-7-12(8-6-11)9-10-14-4-2/h1,13H,4-10H2,2H3. The molecule has 1 aliphatic rings. The van der Waals surface area contributed by atoms with Crippen LogP contribution in [0, 0.1) is 12.3 Å². The quantitative estimate of drug-likeness (QED) is 0.525. The van der Waals surface area contributed by atoms with Crippen LogP contribution in [0.4, 0.5) is 0 Å². The molecule has 0 unspecified atom stereocenters. The van der Waals surface area contributed by atoms with Gasteiger partial charge < -0.3 is 14.7 Å². The SMILES string of the molecule is C#CC1(O)CCN(CCOCC)CC1. The van der Waals surface area contributed by atoms with Gasteiger partial charge in [0, 0.05) is 39.1 Å². The third kappa shape index (κ3) is 3.30. The molecule has 0 aliphatic carbocycles. The van der Waals surface area contributed by atoms with Crippen LogP contribution in [-0.2, 0) is 4.74 Å². The van der Waals surface area contributed by atoms with Crippen molar-refractivity contribution in [1.82, 2.24) is 4.90 Å². The highest BCUT2D eigenvalue weighted by Crippen LogP contribution is 2.20. The average Bonchev–Trinajstić information content (AvgIpc) is 2.22. The number of aliphatic hydroxyl groups is 1. The second kappa shape index (κ2) is 5.35. The van der Waals surface area contributed by atoms with Crippen molar-refractivity contribution in [2.45, 2.75) is 25.4 Å². The van der Waals surface area contributed by atoms with Crippen LogP contribution in [0.5, 0.6) is 0 Å². The van der Waals surface area contributed by atoms with Crippen LogP contribution in [-0.4, -0.2) is 48.5 Å². The van der Waals surface area contributed by atoms with Crippen LogP contribution in [0.3, 0.4) is 0 Å². The van der Waals surface area contributed by atoms with Crippen LogP contribution in [0.2, 0.25) is 0 Å². The fourth-order valence-corrected chi connectivity index (χ4v) is 1.63. The van der Waals surface area contributed by atoms with Crippen molar-refractivity contribution in [2.75, 3.05) is 32.8 Å². The maximum absolute atomic E-state index is 9.78. The summed E-state index contributed by atoms with van der Waals surface area (Å²) < 4.78 is 5.27. The Labute approximate surface area is 86.0 Å². The van der Waals surface area contributed by atoms with Crippen LogP contribution in [0.25, 0.3) is 0 Å². The summed E-state index contributed by atoms with van der Waals surface area (Å²) in [6, 6.07) is 0. The normalized spacial score (nSPS) is 21.8. The Bertz CT molecular complexity index is 202. The molecule has 0 aromatic carbocycles. The fraction of sp³-hybridized carbons (Fsp3) is 0.818. The molecule has 1 heterocycles. The van der Waals surface area contributed by atoms with E-state index in [1.165, 1.54) is 0 Å². The summed E-state index contributed by atoms with van der Waals surface area (Å²) in [5, 5.41) is 9.78. The molecule has 0 aromatic rings. The number of hydrogen-bond acceptors (Lipinski definition) is 3. The molecule has 1 fully saturated rings. The minimum absolute atomic E-state index is 0.676. The predicted octanol–water partition coefficient (Wildman–Crippen LogP) is 0.483. The maximum atomic E-state index is 9.78. The molecule has 80 valence electrons. The molecule has 0 radical (unpaired) electrons. The Morgan fingerprint density at radius 3 is 2.64 bits per heavy atom. The molecular formula is C11H19NO2. The Balaban J connectivity index is 2.20. The minimum atomic E-state index is -0.859. The molecule has 0 aromatic heterocycles. The van der Waals surface area contributed by atoms with Gasteiger partial charge in [0.15, 0.2) is 0 Å². The zero-order chi connectivity index (χ0) is 10.4. The highest BCUT2D eigenvalue weighted by atomic mass is 16.5. The van der Waals surface area contributed by atoms with Crippen LogP contribution >= 0.6 is 0 Å². The van der Waals surface area contributed by atoms with Gasteiger partial charge in [0.2, 0.25) is 0 Å². The topological polar surface area (TPSA) is 32.7 Å². The van der Waals surface area contributed by atoms with Crippen molar-refractivity contribution in [3.63, 3.8) is 0 Å². The van der Waals surface area contributed by atoms with Crippen molar-refractivity contribution < 1.29 is 9.84 Å². The van der Waals surface area contributed by atoms with Crippen molar-refractivity contribution in [2.24, 2.45) is 0 Å². The molecular weight excluding hydrogens is 178 g/mol. The van der Waals surface area contributed by atoms with Gasteiger partial charge >= 0.3 is 0 Å². The molecule has 0 bridgehead atoms. The molecule has 3 nitrogen and oxygen atoms in total. The van der Waals surface area contributed by atoms with E-state index >= 15 is 0 Å². The van der Waals surface area contributed by atoms with E-state index in [1.807, 2.05) is 6.92 Å². The number of likely N-dealkylation sites (tertiary alicyclic amines) is 1. The molecule has 1 N–H and O–H groups in total. The Morgan fingerprint density at radius 1 is 1.50 bits per heavy atom. The summed E-state index contributed by atoms with van der Waals surface area (Å²) in [5.41, 5.74) is -0.859. The first-order valence-corrected chi connectivity index (χ1v) is 5.20. The van der Waals surface area contributed by atoms with Gasteiger partial charge in [-0.25, -0.2) is 0 Å². The molecule has 14 heavy (non-hydrogen) atoms. The highest BCUT2D eigenvalue weighted by Gasteiger charge is 2.29. The van der Waals surface area contributed by atoms with Gasteiger partial charge in [-0.05, 0) is 6.92 Å². The summed E-state index contributed by atoms with van der Waals surface area (Å²) in [7, 11) is 0. The van der Waals surface area contributed by atoms with E-state index in [0.717, 1.165) is 32.8 Å².